The summed E-state index contributed by atoms with van der Waals surface area (Å²) in [5.74, 6) is -0.287. The Labute approximate surface area is 99.0 Å². The van der Waals surface area contributed by atoms with Crippen molar-refractivity contribution < 1.29 is 4.39 Å². The normalized spacial score (nSPS) is 10.7. The Kier molecular flexibility index (Phi) is 3.09. The minimum Gasteiger partial charge on any atom is -0.308 e. The number of hydrogen-bond donors (Lipinski definition) is 0. The molecule has 1 aromatic carbocycles. The molecule has 0 aliphatic heterocycles. The molecule has 0 fully saturated rings. The highest BCUT2D eigenvalue weighted by molar-refractivity contribution is 5.82. The fraction of sp³-hybridized carbons (Fsp3) is 0.214. The van der Waals surface area contributed by atoms with Crippen LogP contribution in [0.25, 0.3) is 10.9 Å². The van der Waals surface area contributed by atoms with Gasteiger partial charge in [0.05, 0.1) is 5.52 Å². The Bertz CT molecular complexity index is 628. The fourth-order valence-electron chi connectivity index (χ4n) is 2.10. The van der Waals surface area contributed by atoms with Crippen molar-refractivity contribution in [3.8, 4) is 0 Å². The first-order chi connectivity index (χ1) is 8.19. The summed E-state index contributed by atoms with van der Waals surface area (Å²) in [5, 5.41) is 0.879. The second kappa shape index (κ2) is 4.53. The molecule has 0 atom stereocenters. The van der Waals surface area contributed by atoms with Crippen LogP contribution in [-0.4, -0.2) is 4.57 Å². The van der Waals surface area contributed by atoms with Crippen molar-refractivity contribution in [2.24, 2.45) is 0 Å². The predicted octanol–water partition coefficient (Wildman–Crippen LogP) is 2.89. The molecule has 1 heterocycles. The fourth-order valence-corrected chi connectivity index (χ4v) is 2.10. The maximum absolute atomic E-state index is 13.8. The van der Waals surface area contributed by atoms with Crippen molar-refractivity contribution >= 4 is 10.9 Å². The highest BCUT2D eigenvalue weighted by Crippen LogP contribution is 2.21. The maximum atomic E-state index is 13.8. The third-order valence-corrected chi connectivity index (χ3v) is 2.86. The van der Waals surface area contributed by atoms with E-state index in [1.54, 1.807) is 22.8 Å². The van der Waals surface area contributed by atoms with Crippen LogP contribution in [0.15, 0.2) is 41.7 Å². The molecule has 0 spiro atoms. The van der Waals surface area contributed by atoms with E-state index in [4.69, 9.17) is 0 Å². The van der Waals surface area contributed by atoms with Gasteiger partial charge in [-0.25, -0.2) is 4.39 Å². The molecule has 88 valence electrons. The van der Waals surface area contributed by atoms with Crippen LogP contribution in [0.4, 0.5) is 4.39 Å². The number of fused-ring (bicyclic) bond motifs is 1. The lowest BCUT2D eigenvalue weighted by Crippen LogP contribution is -2.19. The maximum Gasteiger partial charge on any atom is 0.251 e. The number of hydrogen-bond acceptors (Lipinski definition) is 1. The SMILES string of the molecule is C=CCc1c(F)ccc2ccc(=O)n(CC)c12. The zero-order valence-corrected chi connectivity index (χ0v) is 9.74. The van der Waals surface area contributed by atoms with Gasteiger partial charge < -0.3 is 4.57 Å². The van der Waals surface area contributed by atoms with Crippen molar-refractivity contribution in [1.82, 2.24) is 4.57 Å². The van der Waals surface area contributed by atoms with E-state index in [0.29, 0.717) is 24.0 Å². The molecule has 0 saturated heterocycles. The van der Waals surface area contributed by atoms with Gasteiger partial charge in [0.25, 0.3) is 5.56 Å². The van der Waals surface area contributed by atoms with E-state index in [0.717, 1.165) is 5.39 Å². The van der Waals surface area contributed by atoms with Crippen LogP contribution in [0.2, 0.25) is 0 Å². The van der Waals surface area contributed by atoms with Crippen LogP contribution >= 0.6 is 0 Å². The van der Waals surface area contributed by atoms with Gasteiger partial charge in [0, 0.05) is 18.2 Å². The van der Waals surface area contributed by atoms with Crippen LogP contribution in [0.5, 0.6) is 0 Å². The van der Waals surface area contributed by atoms with Gasteiger partial charge in [-0.05, 0) is 36.9 Å². The molecule has 0 amide bonds. The summed E-state index contributed by atoms with van der Waals surface area (Å²) in [6.45, 7) is 6.04. The number of nitrogens with zero attached hydrogens (tertiary/aromatic N) is 1. The molecule has 3 heteroatoms. The van der Waals surface area contributed by atoms with E-state index in [1.807, 2.05) is 6.92 Å². The minimum atomic E-state index is -0.287. The molecule has 1 aromatic heterocycles. The van der Waals surface area contributed by atoms with Crippen LogP contribution < -0.4 is 5.56 Å². The number of aryl methyl sites for hydroxylation is 1. The van der Waals surface area contributed by atoms with E-state index >= 15 is 0 Å². The number of allylic oxidation sites excluding steroid dienone is 1. The number of benzene rings is 1. The van der Waals surface area contributed by atoms with Crippen LogP contribution in [0.1, 0.15) is 12.5 Å². The predicted molar refractivity (Wildman–Crippen MR) is 67.7 cm³/mol. The lowest BCUT2D eigenvalue weighted by atomic mass is 10.1. The average Bonchev–Trinajstić information content (AvgIpc) is 2.33. The van der Waals surface area contributed by atoms with Crippen molar-refractivity contribution in [3.63, 3.8) is 0 Å². The van der Waals surface area contributed by atoms with E-state index in [-0.39, 0.29) is 11.4 Å². The summed E-state index contributed by atoms with van der Waals surface area (Å²) in [6, 6.07) is 6.38. The largest absolute Gasteiger partial charge is 0.308 e. The molecule has 0 saturated carbocycles. The monoisotopic (exact) mass is 231 g/mol. The molecule has 2 nitrogen and oxygen atoms in total. The Morgan fingerprint density at radius 2 is 2.06 bits per heavy atom. The number of aromatic nitrogens is 1. The summed E-state index contributed by atoms with van der Waals surface area (Å²) in [6.07, 6.45) is 2.07. The quantitative estimate of drug-likeness (QED) is 0.744. The van der Waals surface area contributed by atoms with Crippen molar-refractivity contribution in [1.29, 1.82) is 0 Å². The van der Waals surface area contributed by atoms with E-state index in [2.05, 4.69) is 6.58 Å². The Morgan fingerprint density at radius 3 is 2.71 bits per heavy atom. The molecule has 0 N–H and O–H groups in total. The first-order valence-electron chi connectivity index (χ1n) is 5.61. The topological polar surface area (TPSA) is 22.0 Å². The highest BCUT2D eigenvalue weighted by atomic mass is 19.1. The van der Waals surface area contributed by atoms with Gasteiger partial charge in [0.15, 0.2) is 0 Å². The molecule has 0 bridgehead atoms. The Morgan fingerprint density at radius 1 is 1.35 bits per heavy atom. The van der Waals surface area contributed by atoms with Crippen LogP contribution in [-0.2, 0) is 13.0 Å². The zero-order valence-electron chi connectivity index (χ0n) is 9.74. The van der Waals surface area contributed by atoms with E-state index in [1.165, 1.54) is 12.1 Å². The van der Waals surface area contributed by atoms with Crippen molar-refractivity contribution in [2.45, 2.75) is 19.9 Å². The third kappa shape index (κ3) is 1.88. The van der Waals surface area contributed by atoms with Gasteiger partial charge in [-0.1, -0.05) is 6.08 Å². The molecule has 0 aliphatic carbocycles. The molecule has 2 rings (SSSR count). The third-order valence-electron chi connectivity index (χ3n) is 2.86. The van der Waals surface area contributed by atoms with Gasteiger partial charge in [-0.15, -0.1) is 6.58 Å². The van der Waals surface area contributed by atoms with Gasteiger partial charge in [-0.3, -0.25) is 4.79 Å². The van der Waals surface area contributed by atoms with Crippen molar-refractivity contribution in [2.75, 3.05) is 0 Å². The Balaban J connectivity index is 2.93. The smallest absolute Gasteiger partial charge is 0.251 e. The van der Waals surface area contributed by atoms with Gasteiger partial charge in [0.2, 0.25) is 0 Å². The second-order valence-corrected chi connectivity index (χ2v) is 3.87. The van der Waals surface area contributed by atoms with Gasteiger partial charge in [0.1, 0.15) is 5.82 Å². The van der Waals surface area contributed by atoms with Crippen LogP contribution in [0, 0.1) is 5.82 Å². The van der Waals surface area contributed by atoms with Gasteiger partial charge in [-0.2, -0.15) is 0 Å². The summed E-state index contributed by atoms with van der Waals surface area (Å²) in [5.41, 5.74) is 1.12. The molecule has 0 aliphatic rings. The molecule has 0 radical (unpaired) electrons. The summed E-state index contributed by atoms with van der Waals surface area (Å²) < 4.78 is 15.4. The lowest BCUT2D eigenvalue weighted by molar-refractivity contribution is 0.614. The number of rotatable bonds is 3. The molecular formula is C14H14FNO. The van der Waals surface area contributed by atoms with E-state index in [9.17, 15) is 9.18 Å². The van der Waals surface area contributed by atoms with E-state index < -0.39 is 0 Å². The first kappa shape index (κ1) is 11.6. The van der Waals surface area contributed by atoms with Crippen LogP contribution in [0.3, 0.4) is 0 Å². The molecule has 2 aromatic rings. The minimum absolute atomic E-state index is 0.101. The average molecular weight is 231 g/mol. The van der Waals surface area contributed by atoms with Gasteiger partial charge >= 0.3 is 0 Å². The molecule has 17 heavy (non-hydrogen) atoms. The highest BCUT2D eigenvalue weighted by Gasteiger charge is 2.10. The zero-order chi connectivity index (χ0) is 12.4. The summed E-state index contributed by atoms with van der Waals surface area (Å²) in [4.78, 5) is 11.7. The standard InChI is InChI=1S/C14H14FNO/c1-3-5-11-12(15)8-6-10-7-9-13(17)16(4-2)14(10)11/h3,6-9H,1,4-5H2,2H3. The number of halogens is 1. The molecular weight excluding hydrogens is 217 g/mol. The van der Waals surface area contributed by atoms with Crippen molar-refractivity contribution in [3.05, 3.63) is 58.7 Å². The summed E-state index contributed by atoms with van der Waals surface area (Å²) >= 11 is 0. The summed E-state index contributed by atoms with van der Waals surface area (Å²) in [7, 11) is 0. The number of pyridine rings is 1. The first-order valence-corrected chi connectivity index (χ1v) is 5.61. The Hall–Kier alpha value is -1.90. The second-order valence-electron chi connectivity index (χ2n) is 3.87. The lowest BCUT2D eigenvalue weighted by Gasteiger charge is -2.12. The molecule has 0 unspecified atom stereocenters.